The van der Waals surface area contributed by atoms with Gasteiger partial charge in [0.25, 0.3) is 6.54 Å². The summed E-state index contributed by atoms with van der Waals surface area (Å²) in [5, 5.41) is 0. The quantitative estimate of drug-likeness (QED) is 0.661. The topological polar surface area (TPSA) is 24.7 Å². The molecule has 1 aromatic rings. The predicted octanol–water partition coefficient (Wildman–Crippen LogP) is 1.56. The van der Waals surface area contributed by atoms with Crippen molar-refractivity contribution in [1.82, 2.24) is 4.90 Å². The Morgan fingerprint density at radius 3 is 2.64 bits per heavy atom. The van der Waals surface area contributed by atoms with Gasteiger partial charge in [0, 0.05) is 13.6 Å². The Hall–Kier alpha value is -1.82. The molecule has 0 bridgehead atoms. The molecular weight excluding hydrogens is 176 g/mol. The van der Waals surface area contributed by atoms with Crippen molar-refractivity contribution in [3.63, 3.8) is 0 Å². The van der Waals surface area contributed by atoms with Crippen molar-refractivity contribution in [3.05, 3.63) is 47.3 Å². The van der Waals surface area contributed by atoms with Gasteiger partial charge in [-0.05, 0) is 5.56 Å². The van der Waals surface area contributed by atoms with E-state index in [1.165, 1.54) is 0 Å². The minimum atomic E-state index is -0.135. The first-order valence-corrected chi connectivity index (χ1v) is 4.35. The van der Waals surface area contributed by atoms with Gasteiger partial charge in [-0.2, -0.15) is 0 Å². The monoisotopic (exact) mass is 188 g/mol. The fourth-order valence-corrected chi connectivity index (χ4v) is 1.13. The van der Waals surface area contributed by atoms with E-state index >= 15 is 0 Å². The lowest BCUT2D eigenvalue weighted by molar-refractivity contribution is -0.128. The van der Waals surface area contributed by atoms with Gasteiger partial charge >= 0.3 is 5.91 Å². The van der Waals surface area contributed by atoms with E-state index in [-0.39, 0.29) is 12.5 Å². The number of rotatable bonds is 3. The summed E-state index contributed by atoms with van der Waals surface area (Å²) in [5.41, 5.74) is 1.08. The van der Waals surface area contributed by atoms with Gasteiger partial charge in [-0.25, -0.2) is 6.57 Å². The average Bonchev–Trinajstić information content (AvgIpc) is 2.19. The molecule has 0 fully saturated rings. The van der Waals surface area contributed by atoms with Crippen LogP contribution >= 0.6 is 0 Å². The maximum Gasteiger partial charge on any atom is 0.302 e. The molecule has 3 heteroatoms. The Balaban J connectivity index is 2.54. The molecular formula is C11H12N2O. The summed E-state index contributed by atoms with van der Waals surface area (Å²) in [4.78, 5) is 15.9. The molecule has 0 aliphatic heterocycles. The van der Waals surface area contributed by atoms with Crippen LogP contribution in [0.25, 0.3) is 4.85 Å². The first-order valence-electron chi connectivity index (χ1n) is 4.35. The van der Waals surface area contributed by atoms with Crippen LogP contribution in [0.2, 0.25) is 0 Å². The fourth-order valence-electron chi connectivity index (χ4n) is 1.13. The highest BCUT2D eigenvalue weighted by Gasteiger charge is 2.10. The van der Waals surface area contributed by atoms with Crippen LogP contribution in [-0.4, -0.2) is 24.4 Å². The third-order valence-corrected chi connectivity index (χ3v) is 1.90. The molecule has 14 heavy (non-hydrogen) atoms. The number of carbonyl (C=O) groups is 1. The highest BCUT2D eigenvalue weighted by Crippen LogP contribution is 2.02. The van der Waals surface area contributed by atoms with E-state index in [9.17, 15) is 4.79 Å². The Kier molecular flexibility index (Phi) is 3.69. The number of hydrogen-bond acceptors (Lipinski definition) is 1. The lowest BCUT2D eigenvalue weighted by atomic mass is 10.2. The van der Waals surface area contributed by atoms with Crippen LogP contribution in [0.5, 0.6) is 0 Å². The third kappa shape index (κ3) is 2.91. The fraction of sp³-hybridized carbons (Fsp3) is 0.273. The van der Waals surface area contributed by atoms with Crippen molar-refractivity contribution in [2.45, 2.75) is 6.54 Å². The third-order valence-electron chi connectivity index (χ3n) is 1.90. The second kappa shape index (κ2) is 5.03. The summed E-state index contributed by atoms with van der Waals surface area (Å²) in [6.45, 7) is 7.08. The van der Waals surface area contributed by atoms with E-state index in [2.05, 4.69) is 4.85 Å². The number of likely N-dealkylation sites (N-methyl/N-ethyl adjacent to an activating group) is 1. The van der Waals surface area contributed by atoms with Gasteiger partial charge in [0.1, 0.15) is 0 Å². The maximum absolute atomic E-state index is 11.3. The maximum atomic E-state index is 11.3. The van der Waals surface area contributed by atoms with Crippen molar-refractivity contribution in [3.8, 4) is 0 Å². The van der Waals surface area contributed by atoms with Gasteiger partial charge in [-0.3, -0.25) is 4.79 Å². The van der Waals surface area contributed by atoms with Crippen molar-refractivity contribution in [2.24, 2.45) is 0 Å². The number of nitrogens with zero attached hydrogens (tertiary/aromatic N) is 2. The lowest BCUT2D eigenvalue weighted by Crippen LogP contribution is -2.27. The number of carbonyl (C=O) groups excluding carboxylic acids is 1. The van der Waals surface area contributed by atoms with Crippen molar-refractivity contribution in [1.29, 1.82) is 0 Å². The first-order chi connectivity index (χ1) is 6.74. The molecule has 1 aromatic carbocycles. The van der Waals surface area contributed by atoms with Gasteiger partial charge in [0.05, 0.1) is 0 Å². The van der Waals surface area contributed by atoms with E-state index in [1.807, 2.05) is 30.3 Å². The van der Waals surface area contributed by atoms with E-state index < -0.39 is 0 Å². The minimum Gasteiger partial charge on any atom is -0.335 e. The summed E-state index contributed by atoms with van der Waals surface area (Å²) < 4.78 is 0. The summed E-state index contributed by atoms with van der Waals surface area (Å²) in [6.07, 6.45) is 0. The molecule has 0 aliphatic carbocycles. The zero-order valence-electron chi connectivity index (χ0n) is 8.10. The average molecular weight is 188 g/mol. The second-order valence-corrected chi connectivity index (χ2v) is 3.05. The van der Waals surface area contributed by atoms with Crippen LogP contribution in [0.1, 0.15) is 5.56 Å². The first kappa shape index (κ1) is 10.3. The van der Waals surface area contributed by atoms with Gasteiger partial charge < -0.3 is 9.74 Å². The second-order valence-electron chi connectivity index (χ2n) is 3.05. The molecule has 0 N–H and O–H groups in total. The zero-order chi connectivity index (χ0) is 10.4. The van der Waals surface area contributed by atoms with Gasteiger partial charge in [-0.15, -0.1) is 0 Å². The van der Waals surface area contributed by atoms with Gasteiger partial charge in [0.2, 0.25) is 0 Å². The molecule has 0 heterocycles. The summed E-state index contributed by atoms with van der Waals surface area (Å²) in [5.74, 6) is -0.135. The summed E-state index contributed by atoms with van der Waals surface area (Å²) in [7, 11) is 1.71. The molecule has 0 saturated heterocycles. The molecule has 0 aromatic heterocycles. The Labute approximate surface area is 83.8 Å². The van der Waals surface area contributed by atoms with Gasteiger partial charge in [-0.1, -0.05) is 30.3 Å². The molecule has 3 nitrogen and oxygen atoms in total. The van der Waals surface area contributed by atoms with Crippen LogP contribution in [0.3, 0.4) is 0 Å². The van der Waals surface area contributed by atoms with E-state index in [0.29, 0.717) is 6.54 Å². The molecule has 1 rings (SSSR count). The number of hydrogen-bond donors (Lipinski definition) is 0. The Morgan fingerprint density at radius 1 is 1.43 bits per heavy atom. The van der Waals surface area contributed by atoms with Crippen molar-refractivity contribution < 1.29 is 4.79 Å². The largest absolute Gasteiger partial charge is 0.335 e. The van der Waals surface area contributed by atoms with Gasteiger partial charge in [0.15, 0.2) is 0 Å². The van der Waals surface area contributed by atoms with E-state index in [1.54, 1.807) is 11.9 Å². The van der Waals surface area contributed by atoms with Crippen LogP contribution in [0.15, 0.2) is 30.3 Å². The Bertz CT molecular complexity index is 340. The van der Waals surface area contributed by atoms with Crippen molar-refractivity contribution in [2.75, 3.05) is 13.6 Å². The molecule has 0 atom stereocenters. The number of benzene rings is 1. The van der Waals surface area contributed by atoms with E-state index in [0.717, 1.165) is 5.56 Å². The Morgan fingerprint density at radius 2 is 2.07 bits per heavy atom. The molecule has 72 valence electrons. The van der Waals surface area contributed by atoms with Crippen LogP contribution in [0, 0.1) is 6.57 Å². The predicted molar refractivity (Wildman–Crippen MR) is 54.4 cm³/mol. The molecule has 0 radical (unpaired) electrons. The normalized spacial score (nSPS) is 9.14. The zero-order valence-corrected chi connectivity index (χ0v) is 8.10. The number of amides is 1. The lowest BCUT2D eigenvalue weighted by Gasteiger charge is -2.13. The highest BCUT2D eigenvalue weighted by molar-refractivity contribution is 5.79. The smallest absolute Gasteiger partial charge is 0.302 e. The summed E-state index contributed by atoms with van der Waals surface area (Å²) >= 11 is 0. The molecule has 0 saturated carbocycles. The molecule has 0 unspecified atom stereocenters. The SMILES string of the molecule is [C-]#[N+]CC(=O)N(C)Cc1ccccc1. The molecule has 0 aliphatic rings. The standard InChI is InChI=1S/C11H12N2O/c1-12-8-11(14)13(2)9-10-6-4-3-5-7-10/h3-7H,8-9H2,2H3. The molecule has 0 spiro atoms. The van der Waals surface area contributed by atoms with Crippen LogP contribution in [0.4, 0.5) is 0 Å². The van der Waals surface area contributed by atoms with Crippen molar-refractivity contribution >= 4 is 5.91 Å². The van der Waals surface area contributed by atoms with Crippen LogP contribution < -0.4 is 0 Å². The van der Waals surface area contributed by atoms with E-state index in [4.69, 9.17) is 6.57 Å². The summed E-state index contributed by atoms with van der Waals surface area (Å²) in [6, 6.07) is 9.72. The van der Waals surface area contributed by atoms with Crippen LogP contribution in [-0.2, 0) is 11.3 Å². The molecule has 1 amide bonds. The highest BCUT2D eigenvalue weighted by atomic mass is 16.2. The minimum absolute atomic E-state index is 0.0661.